The molecule has 0 aliphatic carbocycles. The van der Waals surface area contributed by atoms with Gasteiger partial charge in [-0.05, 0) is 34.6 Å². The first-order valence-electron chi connectivity index (χ1n) is 7.48. The van der Waals surface area contributed by atoms with Crippen molar-refractivity contribution in [2.75, 3.05) is 11.9 Å². The van der Waals surface area contributed by atoms with Crippen molar-refractivity contribution < 1.29 is 18.9 Å². The number of carbonyl (C=O) groups excluding carboxylic acids is 1. The fourth-order valence-corrected chi connectivity index (χ4v) is 2.68. The lowest BCUT2D eigenvalue weighted by Gasteiger charge is -2.25. The highest BCUT2D eigenvalue weighted by molar-refractivity contribution is 9.10. The molecule has 0 saturated carbocycles. The van der Waals surface area contributed by atoms with Crippen molar-refractivity contribution in [2.24, 2.45) is 0 Å². The zero-order valence-corrected chi connectivity index (χ0v) is 14.4. The Morgan fingerprint density at radius 3 is 2.64 bits per heavy atom. The molecule has 0 fully saturated rings. The lowest BCUT2D eigenvalue weighted by atomic mass is 10.1. The summed E-state index contributed by atoms with van der Waals surface area (Å²) < 4.78 is 16.9. The third kappa shape index (κ3) is 3.20. The summed E-state index contributed by atoms with van der Waals surface area (Å²) in [6.07, 6.45) is -0.788. The van der Waals surface area contributed by atoms with Gasteiger partial charge in [0.05, 0.1) is 0 Å². The maximum absolute atomic E-state index is 12.5. The van der Waals surface area contributed by atoms with Crippen molar-refractivity contribution in [3.8, 4) is 22.8 Å². The van der Waals surface area contributed by atoms with E-state index in [0.717, 1.165) is 10.0 Å². The van der Waals surface area contributed by atoms with Gasteiger partial charge in [0.1, 0.15) is 6.61 Å². The van der Waals surface area contributed by atoms with Crippen LogP contribution >= 0.6 is 15.9 Å². The van der Waals surface area contributed by atoms with E-state index in [1.165, 1.54) is 0 Å². The van der Waals surface area contributed by atoms with Crippen molar-refractivity contribution in [3.63, 3.8) is 0 Å². The van der Waals surface area contributed by atoms with Crippen molar-refractivity contribution in [2.45, 2.75) is 6.10 Å². The van der Waals surface area contributed by atoms with Gasteiger partial charge in [0.2, 0.25) is 11.9 Å². The van der Waals surface area contributed by atoms with E-state index in [0.29, 0.717) is 17.2 Å². The van der Waals surface area contributed by atoms with E-state index in [1.54, 1.807) is 12.1 Å². The number of aromatic nitrogens is 2. The van der Waals surface area contributed by atoms with Crippen LogP contribution in [0.15, 0.2) is 57.6 Å². The van der Waals surface area contributed by atoms with Crippen LogP contribution in [0.3, 0.4) is 0 Å². The average molecular weight is 402 g/mol. The van der Waals surface area contributed by atoms with E-state index in [1.807, 2.05) is 36.4 Å². The largest absolute Gasteiger partial charge is 0.485 e. The Morgan fingerprint density at radius 2 is 1.84 bits per heavy atom. The van der Waals surface area contributed by atoms with Gasteiger partial charge in [-0.25, -0.2) is 4.63 Å². The Kier molecular flexibility index (Phi) is 4.10. The molecule has 0 spiro atoms. The van der Waals surface area contributed by atoms with Crippen LogP contribution in [0.5, 0.6) is 11.5 Å². The van der Waals surface area contributed by atoms with Crippen molar-refractivity contribution in [1.29, 1.82) is 0 Å². The molecule has 4 rings (SSSR count). The lowest BCUT2D eigenvalue weighted by molar-refractivity contribution is -0.125. The number of amides is 1. The minimum Gasteiger partial charge on any atom is -0.485 e. The summed E-state index contributed by atoms with van der Waals surface area (Å²) in [6, 6.07) is 14.6. The number of anilines is 1. The molecule has 1 atom stereocenters. The van der Waals surface area contributed by atoms with E-state index in [9.17, 15) is 4.79 Å². The number of halogens is 1. The molecular formula is C17H12BrN3O4. The quantitative estimate of drug-likeness (QED) is 0.724. The minimum absolute atomic E-state index is 0.113. The number of nitrogens with zero attached hydrogens (tertiary/aromatic N) is 2. The third-order valence-corrected chi connectivity index (χ3v) is 4.18. The molecule has 2 aromatic carbocycles. The van der Waals surface area contributed by atoms with E-state index < -0.39 is 6.10 Å². The molecule has 1 N–H and O–H groups in total. The van der Waals surface area contributed by atoms with Crippen LogP contribution in [-0.2, 0) is 4.79 Å². The van der Waals surface area contributed by atoms with Gasteiger partial charge in [0, 0.05) is 10.0 Å². The van der Waals surface area contributed by atoms with Crippen LogP contribution in [0.25, 0.3) is 11.3 Å². The van der Waals surface area contributed by atoms with Crippen molar-refractivity contribution in [3.05, 3.63) is 53.0 Å². The smallest absolute Gasteiger partial charge is 0.270 e. The zero-order chi connectivity index (χ0) is 17.2. The van der Waals surface area contributed by atoms with Gasteiger partial charge in [-0.2, -0.15) is 0 Å². The lowest BCUT2D eigenvalue weighted by Crippen LogP contribution is -2.40. The summed E-state index contributed by atoms with van der Waals surface area (Å²) in [5.74, 6) is 0.990. The standard InChI is InChI=1S/C17H12BrN3O4/c18-11-7-5-10(6-8-11)15-16(21-25-20-15)19-17(22)14-9-23-12-3-1-2-4-13(12)24-14/h1-8,14H,9H2,(H,19,21,22)/t14-/m1/s1. The molecule has 8 heteroatoms. The molecule has 0 saturated heterocycles. The molecular weight excluding hydrogens is 390 g/mol. The zero-order valence-electron chi connectivity index (χ0n) is 12.8. The van der Waals surface area contributed by atoms with Crippen LogP contribution in [-0.4, -0.2) is 28.9 Å². The van der Waals surface area contributed by atoms with Crippen molar-refractivity contribution in [1.82, 2.24) is 10.3 Å². The van der Waals surface area contributed by atoms with Gasteiger partial charge in [0.15, 0.2) is 17.2 Å². The second kappa shape index (κ2) is 6.56. The number of nitrogens with one attached hydrogen (secondary N) is 1. The SMILES string of the molecule is O=C(Nc1nonc1-c1ccc(Br)cc1)[C@H]1COc2ccccc2O1. The van der Waals surface area contributed by atoms with Gasteiger partial charge in [-0.1, -0.05) is 40.2 Å². The normalized spacial score (nSPS) is 15.6. The first-order chi connectivity index (χ1) is 12.2. The molecule has 0 bridgehead atoms. The van der Waals surface area contributed by atoms with Crippen LogP contribution in [0.2, 0.25) is 0 Å². The van der Waals surface area contributed by atoms with Crippen LogP contribution in [0.1, 0.15) is 0 Å². The van der Waals surface area contributed by atoms with Crippen LogP contribution in [0.4, 0.5) is 5.82 Å². The number of hydrogen-bond donors (Lipinski definition) is 1. The number of para-hydroxylation sites is 2. The topological polar surface area (TPSA) is 86.5 Å². The number of fused-ring (bicyclic) bond motifs is 1. The van der Waals surface area contributed by atoms with E-state index in [-0.39, 0.29) is 18.3 Å². The molecule has 1 aliphatic heterocycles. The Labute approximate surface area is 151 Å². The maximum Gasteiger partial charge on any atom is 0.270 e. The third-order valence-electron chi connectivity index (χ3n) is 3.65. The summed E-state index contributed by atoms with van der Waals surface area (Å²) in [6.45, 7) is 0.113. The number of ether oxygens (including phenoxy) is 2. The summed E-state index contributed by atoms with van der Waals surface area (Å²) in [4.78, 5) is 12.5. The predicted octanol–water partition coefficient (Wildman–Crippen LogP) is 3.28. The molecule has 3 aromatic rings. The first-order valence-corrected chi connectivity index (χ1v) is 8.28. The van der Waals surface area contributed by atoms with Gasteiger partial charge in [-0.15, -0.1) is 0 Å². The predicted molar refractivity (Wildman–Crippen MR) is 92.4 cm³/mol. The summed E-state index contributed by atoms with van der Waals surface area (Å²) in [5, 5.41) is 10.3. The van der Waals surface area contributed by atoms with Gasteiger partial charge in [0.25, 0.3) is 5.91 Å². The Hall–Kier alpha value is -2.87. The number of rotatable bonds is 3. The Morgan fingerprint density at radius 1 is 1.08 bits per heavy atom. The monoisotopic (exact) mass is 401 g/mol. The Balaban J connectivity index is 1.51. The average Bonchev–Trinajstić information content (AvgIpc) is 3.10. The molecule has 25 heavy (non-hydrogen) atoms. The Bertz CT molecular complexity index is 910. The molecule has 1 aliphatic rings. The highest BCUT2D eigenvalue weighted by Crippen LogP contribution is 2.31. The van der Waals surface area contributed by atoms with E-state index >= 15 is 0 Å². The molecule has 2 heterocycles. The highest BCUT2D eigenvalue weighted by atomic mass is 79.9. The van der Waals surface area contributed by atoms with Gasteiger partial charge >= 0.3 is 0 Å². The molecule has 0 unspecified atom stereocenters. The summed E-state index contributed by atoms with van der Waals surface area (Å²) in [7, 11) is 0. The first kappa shape index (κ1) is 15.6. The van der Waals surface area contributed by atoms with E-state index in [2.05, 4.69) is 31.6 Å². The number of hydrogen-bond acceptors (Lipinski definition) is 6. The second-order valence-corrected chi connectivity index (χ2v) is 6.24. The summed E-state index contributed by atoms with van der Waals surface area (Å²) in [5.41, 5.74) is 1.21. The summed E-state index contributed by atoms with van der Waals surface area (Å²) >= 11 is 3.37. The van der Waals surface area contributed by atoms with Crippen LogP contribution < -0.4 is 14.8 Å². The molecule has 7 nitrogen and oxygen atoms in total. The van der Waals surface area contributed by atoms with Gasteiger partial charge < -0.3 is 14.8 Å². The maximum atomic E-state index is 12.5. The molecule has 126 valence electrons. The van der Waals surface area contributed by atoms with Crippen LogP contribution in [0, 0.1) is 0 Å². The highest BCUT2D eigenvalue weighted by Gasteiger charge is 2.29. The molecule has 1 amide bonds. The minimum atomic E-state index is -0.788. The fraction of sp³-hybridized carbons (Fsp3) is 0.118. The van der Waals surface area contributed by atoms with E-state index in [4.69, 9.17) is 14.1 Å². The molecule has 1 aromatic heterocycles. The number of benzene rings is 2. The number of carbonyl (C=O) groups is 1. The molecule has 0 radical (unpaired) electrons. The second-order valence-electron chi connectivity index (χ2n) is 5.32. The fourth-order valence-electron chi connectivity index (χ4n) is 2.41. The van der Waals surface area contributed by atoms with Gasteiger partial charge in [-0.3, -0.25) is 4.79 Å². The van der Waals surface area contributed by atoms with Crippen molar-refractivity contribution >= 4 is 27.7 Å².